The lowest BCUT2D eigenvalue weighted by molar-refractivity contribution is -0.117. The highest BCUT2D eigenvalue weighted by atomic mass is 35.5. The van der Waals surface area contributed by atoms with E-state index in [9.17, 15) is 4.79 Å². The molecule has 0 aliphatic carbocycles. The summed E-state index contributed by atoms with van der Waals surface area (Å²) in [6.45, 7) is 2.37. The number of anilines is 3. The van der Waals surface area contributed by atoms with Gasteiger partial charge in [-0.15, -0.1) is 0 Å². The second-order valence-corrected chi connectivity index (χ2v) is 7.07. The number of aromatic nitrogens is 3. The fraction of sp³-hybridized carbons (Fsp3) is 0.190. The first-order valence-electron chi connectivity index (χ1n) is 9.13. The first kappa shape index (κ1) is 19.2. The maximum Gasteiger partial charge on any atom is 0.226 e. The van der Waals surface area contributed by atoms with Crippen LogP contribution in [0.3, 0.4) is 0 Å². The van der Waals surface area contributed by atoms with Crippen LogP contribution in [-0.2, 0) is 9.53 Å². The molecule has 8 heteroatoms. The van der Waals surface area contributed by atoms with E-state index in [1.165, 1.54) is 0 Å². The fourth-order valence-corrected chi connectivity index (χ4v) is 3.42. The third-order valence-electron chi connectivity index (χ3n) is 4.63. The van der Waals surface area contributed by atoms with E-state index in [1.54, 1.807) is 19.6 Å². The maximum atomic E-state index is 12.0. The van der Waals surface area contributed by atoms with Gasteiger partial charge in [0.05, 0.1) is 47.3 Å². The third-order valence-corrected chi connectivity index (χ3v) is 4.95. The zero-order valence-corrected chi connectivity index (χ0v) is 16.8. The summed E-state index contributed by atoms with van der Waals surface area (Å²) in [5, 5.41) is 6.85. The topological polar surface area (TPSA) is 80.5 Å². The molecule has 0 saturated carbocycles. The molecule has 2 aromatic heterocycles. The van der Waals surface area contributed by atoms with Crippen molar-refractivity contribution in [2.75, 3.05) is 24.4 Å². The molecule has 148 valence electrons. The van der Waals surface area contributed by atoms with Gasteiger partial charge in [0.25, 0.3) is 0 Å². The van der Waals surface area contributed by atoms with Gasteiger partial charge in [-0.25, -0.2) is 9.97 Å². The highest BCUT2D eigenvalue weighted by molar-refractivity contribution is 6.33. The van der Waals surface area contributed by atoms with Crippen molar-refractivity contribution in [1.29, 1.82) is 0 Å². The summed E-state index contributed by atoms with van der Waals surface area (Å²) < 4.78 is 6.88. The molecule has 0 fully saturated rings. The summed E-state index contributed by atoms with van der Waals surface area (Å²) in [5.74, 6) is 0.552. The number of nitrogens with one attached hydrogen (secondary N) is 2. The Labute approximate surface area is 172 Å². The minimum Gasteiger partial charge on any atom is -0.384 e. The first-order valence-corrected chi connectivity index (χ1v) is 9.51. The number of amides is 1. The van der Waals surface area contributed by atoms with Crippen molar-refractivity contribution in [3.05, 3.63) is 59.5 Å². The predicted octanol–water partition coefficient (Wildman–Crippen LogP) is 4.56. The smallest absolute Gasteiger partial charge is 0.226 e. The van der Waals surface area contributed by atoms with Crippen LogP contribution in [0.5, 0.6) is 0 Å². The summed E-state index contributed by atoms with van der Waals surface area (Å²) in [6.07, 6.45) is 3.76. The molecule has 0 saturated heterocycles. The molecule has 0 radical (unpaired) electrons. The Morgan fingerprint density at radius 3 is 2.90 bits per heavy atom. The van der Waals surface area contributed by atoms with Crippen LogP contribution in [0.1, 0.15) is 12.0 Å². The monoisotopic (exact) mass is 409 g/mol. The molecule has 0 aliphatic heterocycles. The minimum atomic E-state index is -0.103. The highest BCUT2D eigenvalue weighted by Crippen LogP contribution is 2.31. The van der Waals surface area contributed by atoms with E-state index in [-0.39, 0.29) is 5.91 Å². The van der Waals surface area contributed by atoms with E-state index in [1.807, 2.05) is 47.7 Å². The normalized spacial score (nSPS) is 11.1. The molecule has 29 heavy (non-hydrogen) atoms. The van der Waals surface area contributed by atoms with Gasteiger partial charge < -0.3 is 15.4 Å². The van der Waals surface area contributed by atoms with Crippen LogP contribution < -0.4 is 10.6 Å². The summed E-state index contributed by atoms with van der Waals surface area (Å²) in [6, 6.07) is 11.3. The predicted molar refractivity (Wildman–Crippen MR) is 115 cm³/mol. The number of halogens is 1. The Balaban J connectivity index is 1.74. The fourth-order valence-electron chi connectivity index (χ4n) is 3.15. The summed E-state index contributed by atoms with van der Waals surface area (Å²) in [4.78, 5) is 21.0. The zero-order valence-electron chi connectivity index (χ0n) is 16.1. The summed E-state index contributed by atoms with van der Waals surface area (Å²) >= 11 is 6.37. The molecule has 0 aliphatic rings. The van der Waals surface area contributed by atoms with Crippen LogP contribution in [0.2, 0.25) is 5.02 Å². The lowest BCUT2D eigenvalue weighted by Crippen LogP contribution is -2.13. The number of benzene rings is 2. The van der Waals surface area contributed by atoms with Crippen molar-refractivity contribution < 1.29 is 9.53 Å². The Bertz CT molecular complexity index is 1180. The zero-order chi connectivity index (χ0) is 20.4. The van der Waals surface area contributed by atoms with Crippen molar-refractivity contribution in [2.45, 2.75) is 13.3 Å². The molecule has 7 nitrogen and oxygen atoms in total. The summed E-state index contributed by atoms with van der Waals surface area (Å²) in [5.41, 5.74) is 4.93. The van der Waals surface area contributed by atoms with Gasteiger partial charge in [-0.05, 0) is 36.8 Å². The second kappa shape index (κ2) is 8.06. The van der Waals surface area contributed by atoms with Crippen molar-refractivity contribution >= 4 is 51.3 Å². The van der Waals surface area contributed by atoms with Crippen molar-refractivity contribution in [1.82, 2.24) is 14.4 Å². The van der Waals surface area contributed by atoms with Gasteiger partial charge in [-0.3, -0.25) is 9.20 Å². The van der Waals surface area contributed by atoms with Crippen LogP contribution >= 0.6 is 11.6 Å². The van der Waals surface area contributed by atoms with Gasteiger partial charge in [-0.2, -0.15) is 0 Å². The third kappa shape index (κ3) is 3.87. The SMILES string of the molecule is COCCC(=O)Nc1ccc2nc(Nc3c(C)cccc3Cl)c3cncn3c2c1. The first-order chi connectivity index (χ1) is 14.1. The van der Waals surface area contributed by atoms with Crippen LogP contribution in [-0.4, -0.2) is 34.0 Å². The number of carbonyl (C=O) groups excluding carboxylic acids is 1. The van der Waals surface area contributed by atoms with E-state index in [4.69, 9.17) is 21.3 Å². The molecule has 2 heterocycles. The number of para-hydroxylation sites is 1. The van der Waals surface area contributed by atoms with E-state index in [0.717, 1.165) is 27.8 Å². The van der Waals surface area contributed by atoms with Gasteiger partial charge in [-0.1, -0.05) is 23.7 Å². The number of rotatable bonds is 6. The number of ether oxygens (including phenoxy) is 1. The van der Waals surface area contributed by atoms with Crippen LogP contribution in [0.15, 0.2) is 48.9 Å². The van der Waals surface area contributed by atoms with Gasteiger partial charge in [0, 0.05) is 12.8 Å². The average molecular weight is 410 g/mol. The van der Waals surface area contributed by atoms with E-state index in [0.29, 0.717) is 29.6 Å². The molecule has 2 aromatic carbocycles. The number of methoxy groups -OCH3 is 1. The van der Waals surface area contributed by atoms with Gasteiger partial charge in [0.15, 0.2) is 5.82 Å². The maximum absolute atomic E-state index is 12.0. The van der Waals surface area contributed by atoms with Gasteiger partial charge >= 0.3 is 0 Å². The van der Waals surface area contributed by atoms with Crippen LogP contribution in [0.4, 0.5) is 17.2 Å². The number of aryl methyl sites for hydroxylation is 1. The molecular formula is C21H20ClN5O2. The average Bonchev–Trinajstić information content (AvgIpc) is 3.20. The minimum absolute atomic E-state index is 0.103. The van der Waals surface area contributed by atoms with Crippen LogP contribution in [0.25, 0.3) is 16.6 Å². The number of hydrogen-bond acceptors (Lipinski definition) is 5. The number of carbonyl (C=O) groups is 1. The van der Waals surface area contributed by atoms with Crippen molar-refractivity contribution in [2.24, 2.45) is 0 Å². The Kier molecular flexibility index (Phi) is 5.33. The Morgan fingerprint density at radius 1 is 1.24 bits per heavy atom. The summed E-state index contributed by atoms with van der Waals surface area (Å²) in [7, 11) is 1.57. The van der Waals surface area contributed by atoms with E-state index in [2.05, 4.69) is 15.6 Å². The number of nitrogens with zero attached hydrogens (tertiary/aromatic N) is 3. The highest BCUT2D eigenvalue weighted by Gasteiger charge is 2.13. The number of imidazole rings is 1. The lowest BCUT2D eigenvalue weighted by Gasteiger charge is -2.14. The number of fused-ring (bicyclic) bond motifs is 3. The van der Waals surface area contributed by atoms with Crippen LogP contribution in [0, 0.1) is 6.92 Å². The lowest BCUT2D eigenvalue weighted by atomic mass is 10.2. The van der Waals surface area contributed by atoms with Crippen molar-refractivity contribution in [3.8, 4) is 0 Å². The van der Waals surface area contributed by atoms with E-state index >= 15 is 0 Å². The number of hydrogen-bond donors (Lipinski definition) is 2. The van der Waals surface area contributed by atoms with Crippen molar-refractivity contribution in [3.63, 3.8) is 0 Å². The molecule has 1 amide bonds. The molecule has 0 spiro atoms. The van der Waals surface area contributed by atoms with Gasteiger partial charge in [0.2, 0.25) is 5.91 Å². The molecular weight excluding hydrogens is 390 g/mol. The Hall–Kier alpha value is -3.16. The standard InChI is InChI=1S/C21H20ClN5O2/c1-13-4-3-5-15(22)20(13)26-21-18-11-23-12-27(18)17-10-14(6-7-16(17)25-21)24-19(28)8-9-29-2/h3-7,10-12H,8-9H2,1-2H3,(H,24,28)(H,25,26). The molecule has 2 N–H and O–H groups in total. The molecule has 0 unspecified atom stereocenters. The van der Waals surface area contributed by atoms with E-state index < -0.39 is 0 Å². The Morgan fingerprint density at radius 2 is 2.10 bits per heavy atom. The quantitative estimate of drug-likeness (QED) is 0.487. The van der Waals surface area contributed by atoms with Gasteiger partial charge in [0.1, 0.15) is 5.52 Å². The molecule has 0 atom stereocenters. The molecule has 4 rings (SSSR count). The largest absolute Gasteiger partial charge is 0.384 e. The second-order valence-electron chi connectivity index (χ2n) is 6.66. The molecule has 0 bridgehead atoms. The molecule has 4 aromatic rings.